The zero-order chi connectivity index (χ0) is 22.1. The van der Waals surface area contributed by atoms with Gasteiger partial charge in [0, 0.05) is 5.38 Å². The van der Waals surface area contributed by atoms with Gasteiger partial charge in [0.15, 0.2) is 0 Å². The number of rotatable bonds is 9. The van der Waals surface area contributed by atoms with Crippen molar-refractivity contribution in [3.8, 4) is 11.5 Å². The van der Waals surface area contributed by atoms with Gasteiger partial charge in [0.1, 0.15) is 11.5 Å². The zero-order valence-electron chi connectivity index (χ0n) is 17.0. The quantitative estimate of drug-likeness (QED) is 0.233. The number of ether oxygens (including phenoxy) is 3. The smallest absolute Gasteiger partial charge is 0.343 e. The van der Waals surface area contributed by atoms with Crippen LogP contribution in [-0.4, -0.2) is 36.9 Å². The molecule has 0 atom stereocenters. The summed E-state index contributed by atoms with van der Waals surface area (Å²) in [5.74, 6) is 0.280. The molecule has 0 aliphatic rings. The van der Waals surface area contributed by atoms with Crippen molar-refractivity contribution in [2.45, 2.75) is 13.3 Å². The summed E-state index contributed by atoms with van der Waals surface area (Å²) in [6.45, 7) is 2.10. The van der Waals surface area contributed by atoms with Crippen molar-refractivity contribution in [3.05, 3.63) is 70.7 Å². The number of nitrogens with zero attached hydrogens (tertiary/aromatic N) is 2. The van der Waals surface area contributed by atoms with Crippen molar-refractivity contribution < 1.29 is 23.8 Å². The van der Waals surface area contributed by atoms with E-state index in [1.54, 1.807) is 68.1 Å². The Kier molecular flexibility index (Phi) is 7.72. The third-order valence-corrected chi connectivity index (χ3v) is 4.75. The first kappa shape index (κ1) is 22.0. The van der Waals surface area contributed by atoms with Gasteiger partial charge in [-0.15, -0.1) is 11.3 Å². The molecule has 3 rings (SSSR count). The topological polar surface area (TPSA) is 99.1 Å². The Bertz CT molecular complexity index is 1060. The number of hydrogen-bond acceptors (Lipinski definition) is 9. The van der Waals surface area contributed by atoms with Crippen LogP contribution in [0.15, 0.2) is 59.0 Å². The predicted octanol–water partition coefficient (Wildman–Crippen LogP) is 3.92. The molecule has 0 fully saturated rings. The molecule has 0 unspecified atom stereocenters. The number of hydrazone groups is 1. The molecule has 1 N–H and O–H groups in total. The standard InChI is InChI=1S/C22H21N3O5S/c1-3-29-20(26)12-17-14-31-22(24-17)25-23-13-15-5-4-6-19(11-15)30-21(27)16-7-9-18(28-2)10-8-16/h4-11,13-14H,3,12H2,1-2H3,(H,24,25). The first-order valence-electron chi connectivity index (χ1n) is 9.42. The second-order valence-corrected chi connectivity index (χ2v) is 7.04. The summed E-state index contributed by atoms with van der Waals surface area (Å²) in [4.78, 5) is 28.1. The van der Waals surface area contributed by atoms with Crippen molar-refractivity contribution in [3.63, 3.8) is 0 Å². The SMILES string of the molecule is CCOC(=O)Cc1csc(NN=Cc2cccc(OC(=O)c3ccc(OC)cc3)c2)n1. The lowest BCUT2D eigenvalue weighted by atomic mass is 10.2. The van der Waals surface area contributed by atoms with Crippen LogP contribution in [0.4, 0.5) is 5.13 Å². The van der Waals surface area contributed by atoms with E-state index in [0.29, 0.717) is 34.5 Å². The normalized spacial score (nSPS) is 10.6. The molecule has 2 aromatic carbocycles. The molecule has 1 aromatic heterocycles. The highest BCUT2D eigenvalue weighted by molar-refractivity contribution is 7.13. The van der Waals surface area contributed by atoms with Gasteiger partial charge in [-0.25, -0.2) is 9.78 Å². The number of esters is 2. The van der Waals surface area contributed by atoms with Gasteiger partial charge in [-0.05, 0) is 48.9 Å². The lowest BCUT2D eigenvalue weighted by molar-refractivity contribution is -0.142. The lowest BCUT2D eigenvalue weighted by Crippen LogP contribution is -2.08. The number of anilines is 1. The van der Waals surface area contributed by atoms with E-state index in [1.807, 2.05) is 6.07 Å². The van der Waals surface area contributed by atoms with Gasteiger partial charge >= 0.3 is 11.9 Å². The van der Waals surface area contributed by atoms with Crippen LogP contribution in [0.1, 0.15) is 28.5 Å². The molecule has 8 nitrogen and oxygen atoms in total. The molecule has 0 saturated carbocycles. The van der Waals surface area contributed by atoms with Crippen LogP contribution in [0.2, 0.25) is 0 Å². The van der Waals surface area contributed by atoms with Crippen molar-refractivity contribution in [2.24, 2.45) is 5.10 Å². The number of nitrogens with one attached hydrogen (secondary N) is 1. The van der Waals surface area contributed by atoms with Crippen LogP contribution in [-0.2, 0) is 16.0 Å². The minimum Gasteiger partial charge on any atom is -0.497 e. The van der Waals surface area contributed by atoms with Crippen LogP contribution in [0.25, 0.3) is 0 Å². The summed E-state index contributed by atoms with van der Waals surface area (Å²) in [6.07, 6.45) is 1.70. The minimum absolute atomic E-state index is 0.122. The predicted molar refractivity (Wildman–Crippen MR) is 118 cm³/mol. The van der Waals surface area contributed by atoms with Gasteiger partial charge in [-0.1, -0.05) is 12.1 Å². The van der Waals surface area contributed by atoms with Crippen molar-refractivity contribution >= 4 is 34.6 Å². The maximum Gasteiger partial charge on any atom is 0.343 e. The fraction of sp³-hybridized carbons (Fsp3) is 0.182. The molecule has 31 heavy (non-hydrogen) atoms. The Morgan fingerprint density at radius 1 is 1.16 bits per heavy atom. The highest BCUT2D eigenvalue weighted by Crippen LogP contribution is 2.18. The Morgan fingerprint density at radius 3 is 2.71 bits per heavy atom. The second kappa shape index (κ2) is 10.9. The highest BCUT2D eigenvalue weighted by Gasteiger charge is 2.09. The number of hydrogen-bond donors (Lipinski definition) is 1. The number of aromatic nitrogens is 1. The molecule has 1 heterocycles. The van der Waals surface area contributed by atoms with E-state index >= 15 is 0 Å². The molecule has 0 spiro atoms. The molecule has 0 radical (unpaired) electrons. The van der Waals surface area contributed by atoms with Gasteiger partial charge in [0.25, 0.3) is 0 Å². The summed E-state index contributed by atoms with van der Waals surface area (Å²) in [6, 6.07) is 13.6. The van der Waals surface area contributed by atoms with E-state index in [2.05, 4.69) is 15.5 Å². The summed E-state index contributed by atoms with van der Waals surface area (Å²) < 4.78 is 15.4. The molecule has 160 valence electrons. The maximum atomic E-state index is 12.3. The van der Waals surface area contributed by atoms with Crippen LogP contribution in [0, 0.1) is 0 Å². The van der Waals surface area contributed by atoms with Crippen LogP contribution in [0.3, 0.4) is 0 Å². The Morgan fingerprint density at radius 2 is 1.97 bits per heavy atom. The largest absolute Gasteiger partial charge is 0.497 e. The summed E-state index contributed by atoms with van der Waals surface area (Å²) in [5.41, 5.74) is 4.59. The van der Waals surface area contributed by atoms with Crippen molar-refractivity contribution in [1.82, 2.24) is 4.98 Å². The molecule has 0 saturated heterocycles. The Hall–Kier alpha value is -3.72. The average molecular weight is 439 g/mol. The average Bonchev–Trinajstić information content (AvgIpc) is 3.21. The number of benzene rings is 2. The number of carbonyl (C=O) groups is 2. The number of carbonyl (C=O) groups excluding carboxylic acids is 2. The van der Waals surface area contributed by atoms with Gasteiger partial charge in [-0.2, -0.15) is 5.10 Å². The lowest BCUT2D eigenvalue weighted by Gasteiger charge is -2.06. The number of thiazole rings is 1. The van der Waals surface area contributed by atoms with E-state index in [-0.39, 0.29) is 12.4 Å². The molecular weight excluding hydrogens is 418 g/mol. The van der Waals surface area contributed by atoms with Gasteiger partial charge in [0.05, 0.1) is 37.6 Å². The number of methoxy groups -OCH3 is 1. The maximum absolute atomic E-state index is 12.3. The van der Waals surface area contributed by atoms with E-state index in [1.165, 1.54) is 11.3 Å². The molecule has 9 heteroatoms. The second-order valence-electron chi connectivity index (χ2n) is 6.19. The fourth-order valence-electron chi connectivity index (χ4n) is 2.51. The third kappa shape index (κ3) is 6.65. The minimum atomic E-state index is -0.466. The Balaban J connectivity index is 1.56. The van der Waals surface area contributed by atoms with Crippen molar-refractivity contribution in [1.29, 1.82) is 0 Å². The summed E-state index contributed by atoms with van der Waals surface area (Å²) in [7, 11) is 1.56. The molecule has 0 amide bonds. The Labute approximate surface area is 183 Å². The fourth-order valence-corrected chi connectivity index (χ4v) is 3.17. The molecule has 3 aromatic rings. The molecular formula is C22H21N3O5S. The van der Waals surface area contributed by atoms with E-state index < -0.39 is 5.97 Å². The van der Waals surface area contributed by atoms with E-state index in [0.717, 1.165) is 5.56 Å². The van der Waals surface area contributed by atoms with Crippen LogP contribution < -0.4 is 14.9 Å². The van der Waals surface area contributed by atoms with Gasteiger partial charge in [-0.3, -0.25) is 10.2 Å². The molecule has 0 bridgehead atoms. The van der Waals surface area contributed by atoms with Crippen LogP contribution >= 0.6 is 11.3 Å². The zero-order valence-corrected chi connectivity index (χ0v) is 17.8. The van der Waals surface area contributed by atoms with Crippen LogP contribution in [0.5, 0.6) is 11.5 Å². The van der Waals surface area contributed by atoms with E-state index in [9.17, 15) is 9.59 Å². The van der Waals surface area contributed by atoms with Gasteiger partial charge < -0.3 is 14.2 Å². The summed E-state index contributed by atoms with van der Waals surface area (Å²) >= 11 is 1.33. The molecule has 0 aliphatic heterocycles. The van der Waals surface area contributed by atoms with Gasteiger partial charge in [0.2, 0.25) is 5.13 Å². The first-order valence-corrected chi connectivity index (χ1v) is 10.3. The summed E-state index contributed by atoms with van der Waals surface area (Å²) in [5, 5.41) is 6.47. The third-order valence-electron chi connectivity index (χ3n) is 3.95. The molecule has 0 aliphatic carbocycles. The monoisotopic (exact) mass is 439 g/mol. The first-order chi connectivity index (χ1) is 15.1. The van der Waals surface area contributed by atoms with Crippen molar-refractivity contribution in [2.75, 3.05) is 19.1 Å². The van der Waals surface area contributed by atoms with E-state index in [4.69, 9.17) is 14.2 Å². The highest BCUT2D eigenvalue weighted by atomic mass is 32.1.